The first-order chi connectivity index (χ1) is 8.93. The minimum atomic E-state index is -3.81. The molecule has 1 aromatic rings. The summed E-state index contributed by atoms with van der Waals surface area (Å²) in [5.41, 5.74) is 5.25. The Morgan fingerprint density at radius 2 is 1.89 bits per heavy atom. The van der Waals surface area contributed by atoms with Crippen molar-refractivity contribution >= 4 is 15.9 Å². The van der Waals surface area contributed by atoms with E-state index in [0.717, 1.165) is 22.9 Å². The average molecular weight is 286 g/mol. The molecule has 2 rings (SSSR count). The van der Waals surface area contributed by atoms with E-state index in [9.17, 15) is 17.6 Å². The SMILES string of the molecule is NC(=O)[C@H]1CCCCN1S(=O)(=O)c1ccc(F)cc1. The van der Waals surface area contributed by atoms with E-state index in [-0.39, 0.29) is 11.4 Å². The number of amides is 1. The number of benzene rings is 1. The fourth-order valence-electron chi connectivity index (χ4n) is 2.22. The molecule has 0 spiro atoms. The summed E-state index contributed by atoms with van der Waals surface area (Å²) >= 11 is 0. The fraction of sp³-hybridized carbons (Fsp3) is 0.417. The molecule has 0 saturated carbocycles. The zero-order valence-corrected chi connectivity index (χ0v) is 11.1. The van der Waals surface area contributed by atoms with Crippen LogP contribution in [0.4, 0.5) is 4.39 Å². The van der Waals surface area contributed by atoms with Crippen LogP contribution < -0.4 is 5.73 Å². The normalized spacial score (nSPS) is 21.2. The Balaban J connectivity index is 2.37. The van der Waals surface area contributed by atoms with Crippen molar-refractivity contribution in [3.63, 3.8) is 0 Å². The van der Waals surface area contributed by atoms with Crippen LogP contribution in [0, 0.1) is 5.82 Å². The molecule has 0 aliphatic carbocycles. The second-order valence-corrected chi connectivity index (χ2v) is 6.37. The van der Waals surface area contributed by atoms with Gasteiger partial charge in [0.05, 0.1) is 4.90 Å². The molecule has 1 aromatic carbocycles. The van der Waals surface area contributed by atoms with E-state index < -0.39 is 27.8 Å². The molecule has 0 unspecified atom stereocenters. The van der Waals surface area contributed by atoms with Gasteiger partial charge in [-0.05, 0) is 37.1 Å². The van der Waals surface area contributed by atoms with Crippen LogP contribution in [0.2, 0.25) is 0 Å². The van der Waals surface area contributed by atoms with Gasteiger partial charge in [-0.15, -0.1) is 0 Å². The number of nitrogens with zero attached hydrogens (tertiary/aromatic N) is 1. The van der Waals surface area contributed by atoms with Crippen LogP contribution in [0.3, 0.4) is 0 Å². The van der Waals surface area contributed by atoms with Gasteiger partial charge in [0, 0.05) is 6.54 Å². The summed E-state index contributed by atoms with van der Waals surface area (Å²) < 4.78 is 38.8. The first-order valence-electron chi connectivity index (χ1n) is 5.99. The molecule has 1 atom stereocenters. The predicted octanol–water partition coefficient (Wildman–Crippen LogP) is 0.854. The molecule has 1 aliphatic heterocycles. The maximum atomic E-state index is 12.8. The molecule has 19 heavy (non-hydrogen) atoms. The number of rotatable bonds is 3. The Bertz CT molecular complexity index is 571. The summed E-state index contributed by atoms with van der Waals surface area (Å²) in [6.45, 7) is 0.257. The van der Waals surface area contributed by atoms with Crippen molar-refractivity contribution in [2.24, 2.45) is 5.73 Å². The van der Waals surface area contributed by atoms with Crippen LogP contribution in [-0.2, 0) is 14.8 Å². The molecule has 0 aromatic heterocycles. The molecule has 1 heterocycles. The Hall–Kier alpha value is -1.47. The van der Waals surface area contributed by atoms with E-state index >= 15 is 0 Å². The summed E-state index contributed by atoms with van der Waals surface area (Å²) in [4.78, 5) is 11.3. The molecule has 7 heteroatoms. The molecule has 1 aliphatic rings. The minimum absolute atomic E-state index is 0.0259. The number of nitrogens with two attached hydrogens (primary N) is 1. The van der Waals surface area contributed by atoms with Crippen LogP contribution in [-0.4, -0.2) is 31.2 Å². The molecule has 1 amide bonds. The van der Waals surface area contributed by atoms with Crippen molar-refractivity contribution in [1.29, 1.82) is 0 Å². The van der Waals surface area contributed by atoms with Gasteiger partial charge in [0.2, 0.25) is 15.9 Å². The lowest BCUT2D eigenvalue weighted by Crippen LogP contribution is -2.50. The summed E-state index contributed by atoms with van der Waals surface area (Å²) in [5.74, 6) is -1.16. The van der Waals surface area contributed by atoms with Gasteiger partial charge in [0.25, 0.3) is 0 Å². The van der Waals surface area contributed by atoms with Gasteiger partial charge in [-0.3, -0.25) is 4.79 Å². The van der Waals surface area contributed by atoms with E-state index in [2.05, 4.69) is 0 Å². The molecule has 104 valence electrons. The Kier molecular flexibility index (Phi) is 3.86. The smallest absolute Gasteiger partial charge is 0.243 e. The van der Waals surface area contributed by atoms with Gasteiger partial charge in [0.1, 0.15) is 11.9 Å². The molecule has 0 bridgehead atoms. The van der Waals surface area contributed by atoms with Gasteiger partial charge in [-0.25, -0.2) is 12.8 Å². The third-order valence-electron chi connectivity index (χ3n) is 3.20. The van der Waals surface area contributed by atoms with Crippen molar-refractivity contribution in [3.05, 3.63) is 30.1 Å². The van der Waals surface area contributed by atoms with Crippen LogP contribution in [0.25, 0.3) is 0 Å². The van der Waals surface area contributed by atoms with E-state index in [1.165, 1.54) is 12.1 Å². The van der Waals surface area contributed by atoms with Crippen LogP contribution in [0.5, 0.6) is 0 Å². The lowest BCUT2D eigenvalue weighted by molar-refractivity contribution is -0.122. The van der Waals surface area contributed by atoms with E-state index in [0.29, 0.717) is 12.8 Å². The van der Waals surface area contributed by atoms with Crippen molar-refractivity contribution in [3.8, 4) is 0 Å². The zero-order chi connectivity index (χ0) is 14.0. The molecule has 0 radical (unpaired) electrons. The quantitative estimate of drug-likeness (QED) is 0.894. The van der Waals surface area contributed by atoms with E-state index in [1.54, 1.807) is 0 Å². The predicted molar refractivity (Wildman–Crippen MR) is 67.1 cm³/mol. The maximum Gasteiger partial charge on any atom is 0.243 e. The lowest BCUT2D eigenvalue weighted by atomic mass is 10.0. The van der Waals surface area contributed by atoms with Crippen molar-refractivity contribution < 1.29 is 17.6 Å². The topological polar surface area (TPSA) is 80.5 Å². The van der Waals surface area contributed by atoms with Crippen molar-refractivity contribution in [1.82, 2.24) is 4.31 Å². The highest BCUT2D eigenvalue weighted by molar-refractivity contribution is 7.89. The largest absolute Gasteiger partial charge is 0.368 e. The van der Waals surface area contributed by atoms with Gasteiger partial charge < -0.3 is 5.73 Å². The summed E-state index contributed by atoms with van der Waals surface area (Å²) in [6.07, 6.45) is 1.88. The number of sulfonamides is 1. The summed E-state index contributed by atoms with van der Waals surface area (Å²) in [6, 6.07) is 3.73. The molecule has 1 fully saturated rings. The summed E-state index contributed by atoms with van der Waals surface area (Å²) in [5, 5.41) is 0. The summed E-state index contributed by atoms with van der Waals surface area (Å²) in [7, 11) is -3.81. The highest BCUT2D eigenvalue weighted by atomic mass is 32.2. The van der Waals surface area contributed by atoms with Gasteiger partial charge in [0.15, 0.2) is 0 Å². The lowest BCUT2D eigenvalue weighted by Gasteiger charge is -2.32. The second kappa shape index (κ2) is 5.26. The molecule has 1 saturated heterocycles. The number of hydrogen-bond acceptors (Lipinski definition) is 3. The van der Waals surface area contributed by atoms with Crippen molar-refractivity contribution in [2.75, 3.05) is 6.54 Å². The van der Waals surface area contributed by atoms with Crippen LogP contribution >= 0.6 is 0 Å². The number of carbonyl (C=O) groups excluding carboxylic acids is 1. The third-order valence-corrected chi connectivity index (χ3v) is 5.12. The molecule has 2 N–H and O–H groups in total. The number of halogens is 1. The zero-order valence-electron chi connectivity index (χ0n) is 10.3. The van der Waals surface area contributed by atoms with Gasteiger partial charge in [-0.2, -0.15) is 4.31 Å². The Morgan fingerprint density at radius 1 is 1.26 bits per heavy atom. The van der Waals surface area contributed by atoms with Crippen molar-refractivity contribution in [2.45, 2.75) is 30.2 Å². The van der Waals surface area contributed by atoms with E-state index in [1.807, 2.05) is 0 Å². The molecular formula is C12H15FN2O3S. The minimum Gasteiger partial charge on any atom is -0.368 e. The number of carbonyl (C=O) groups is 1. The Labute approximate surface area is 111 Å². The van der Waals surface area contributed by atoms with Crippen LogP contribution in [0.15, 0.2) is 29.2 Å². The Morgan fingerprint density at radius 3 is 2.47 bits per heavy atom. The van der Waals surface area contributed by atoms with Gasteiger partial charge >= 0.3 is 0 Å². The second-order valence-electron chi connectivity index (χ2n) is 4.48. The monoisotopic (exact) mass is 286 g/mol. The van der Waals surface area contributed by atoms with Gasteiger partial charge in [-0.1, -0.05) is 6.42 Å². The number of hydrogen-bond donors (Lipinski definition) is 1. The molecular weight excluding hydrogens is 271 g/mol. The molecule has 5 nitrogen and oxygen atoms in total. The standard InChI is InChI=1S/C12H15FN2O3S/c13-9-4-6-10(7-5-9)19(17,18)15-8-2-1-3-11(15)12(14)16/h4-7,11H,1-3,8H2,(H2,14,16)/t11-/m1/s1. The highest BCUT2D eigenvalue weighted by Gasteiger charge is 2.36. The van der Waals surface area contributed by atoms with Crippen LogP contribution in [0.1, 0.15) is 19.3 Å². The van der Waals surface area contributed by atoms with E-state index in [4.69, 9.17) is 5.73 Å². The fourth-order valence-corrected chi connectivity index (χ4v) is 3.88. The highest BCUT2D eigenvalue weighted by Crippen LogP contribution is 2.25. The first kappa shape index (κ1) is 14.0. The number of piperidine rings is 1. The maximum absolute atomic E-state index is 12.8. The average Bonchev–Trinajstić information content (AvgIpc) is 2.39. The third kappa shape index (κ3) is 2.76. The first-order valence-corrected chi connectivity index (χ1v) is 7.43. The number of primary amides is 1.